The minimum Gasteiger partial charge on any atom is -0.481 e. The van der Waals surface area contributed by atoms with Crippen molar-refractivity contribution in [1.29, 1.82) is 0 Å². The van der Waals surface area contributed by atoms with Crippen molar-refractivity contribution in [1.82, 2.24) is 10.6 Å². The molecule has 1 atom stereocenters. The number of carboxylic acid groups (broad SMARTS) is 1. The fourth-order valence-corrected chi connectivity index (χ4v) is 1.38. The van der Waals surface area contributed by atoms with Crippen LogP contribution in [0.15, 0.2) is 0 Å². The first-order chi connectivity index (χ1) is 8.56. The standard InChI is InChI=1S/C12H23N3O4/c1-7(2)5-8(15-11(13)19)9(16)14-6-12(3,4)10(17)18/h7-8H,5-6H2,1-4H3,(H,14,16)(H,17,18)(H3,13,15,19). The Labute approximate surface area is 112 Å². The van der Waals surface area contributed by atoms with Crippen molar-refractivity contribution in [3.05, 3.63) is 0 Å². The largest absolute Gasteiger partial charge is 0.481 e. The first kappa shape index (κ1) is 17.2. The van der Waals surface area contributed by atoms with Crippen LogP contribution in [0, 0.1) is 11.3 Å². The van der Waals surface area contributed by atoms with Crippen LogP contribution < -0.4 is 16.4 Å². The van der Waals surface area contributed by atoms with Crippen molar-refractivity contribution in [3.63, 3.8) is 0 Å². The van der Waals surface area contributed by atoms with E-state index in [0.29, 0.717) is 6.42 Å². The third kappa shape index (κ3) is 6.64. The third-order valence-corrected chi connectivity index (χ3v) is 2.62. The molecule has 110 valence electrons. The first-order valence-electron chi connectivity index (χ1n) is 6.13. The molecule has 1 unspecified atom stereocenters. The summed E-state index contributed by atoms with van der Waals surface area (Å²) < 4.78 is 0. The molecule has 19 heavy (non-hydrogen) atoms. The Morgan fingerprint density at radius 2 is 1.79 bits per heavy atom. The predicted octanol–water partition coefficient (Wildman–Crippen LogP) is 0.296. The maximum atomic E-state index is 11.9. The molecule has 0 spiro atoms. The summed E-state index contributed by atoms with van der Waals surface area (Å²) in [4.78, 5) is 33.7. The van der Waals surface area contributed by atoms with E-state index in [1.165, 1.54) is 13.8 Å². The molecule has 0 aliphatic heterocycles. The van der Waals surface area contributed by atoms with Gasteiger partial charge in [0.25, 0.3) is 0 Å². The summed E-state index contributed by atoms with van der Waals surface area (Å²) in [5.74, 6) is -1.24. The number of aliphatic carboxylic acids is 1. The number of nitrogens with two attached hydrogens (primary N) is 1. The van der Waals surface area contributed by atoms with Gasteiger partial charge in [-0.15, -0.1) is 0 Å². The van der Waals surface area contributed by atoms with Gasteiger partial charge in [-0.3, -0.25) is 9.59 Å². The minimum atomic E-state index is -1.06. The maximum Gasteiger partial charge on any atom is 0.312 e. The van der Waals surface area contributed by atoms with Crippen LogP contribution in [0.2, 0.25) is 0 Å². The van der Waals surface area contributed by atoms with Gasteiger partial charge in [0.15, 0.2) is 0 Å². The number of rotatable bonds is 7. The van der Waals surface area contributed by atoms with Crippen LogP contribution in [-0.2, 0) is 9.59 Å². The average Bonchev–Trinajstić information content (AvgIpc) is 2.23. The molecule has 0 rings (SSSR count). The normalized spacial score (nSPS) is 12.9. The van der Waals surface area contributed by atoms with Crippen LogP contribution in [0.5, 0.6) is 0 Å². The van der Waals surface area contributed by atoms with E-state index < -0.39 is 29.4 Å². The molecule has 5 N–H and O–H groups in total. The van der Waals surface area contributed by atoms with Gasteiger partial charge in [0.2, 0.25) is 5.91 Å². The fourth-order valence-electron chi connectivity index (χ4n) is 1.38. The highest BCUT2D eigenvalue weighted by molar-refractivity contribution is 5.87. The second kappa shape index (κ2) is 6.96. The van der Waals surface area contributed by atoms with E-state index in [0.717, 1.165) is 0 Å². The lowest BCUT2D eigenvalue weighted by atomic mass is 9.93. The summed E-state index contributed by atoms with van der Waals surface area (Å²) >= 11 is 0. The molecular weight excluding hydrogens is 250 g/mol. The molecule has 3 amide bonds. The Morgan fingerprint density at radius 1 is 1.26 bits per heavy atom. The summed E-state index contributed by atoms with van der Waals surface area (Å²) in [6, 6.07) is -1.53. The fraction of sp³-hybridized carbons (Fsp3) is 0.750. The molecule has 0 aliphatic carbocycles. The number of amides is 3. The second-order valence-corrected chi connectivity index (χ2v) is 5.60. The van der Waals surface area contributed by atoms with Gasteiger partial charge in [0.1, 0.15) is 6.04 Å². The van der Waals surface area contributed by atoms with Crippen molar-refractivity contribution in [3.8, 4) is 0 Å². The molecule has 0 bridgehead atoms. The topological polar surface area (TPSA) is 122 Å². The van der Waals surface area contributed by atoms with Crippen molar-refractivity contribution in [2.45, 2.75) is 40.2 Å². The summed E-state index contributed by atoms with van der Waals surface area (Å²) in [6.45, 7) is 6.81. The highest BCUT2D eigenvalue weighted by atomic mass is 16.4. The van der Waals surface area contributed by atoms with Crippen molar-refractivity contribution in [2.24, 2.45) is 17.1 Å². The Hall–Kier alpha value is -1.79. The van der Waals surface area contributed by atoms with Gasteiger partial charge in [-0.05, 0) is 26.2 Å². The zero-order valence-electron chi connectivity index (χ0n) is 11.8. The average molecular weight is 273 g/mol. The zero-order chi connectivity index (χ0) is 15.2. The van der Waals surface area contributed by atoms with Crippen molar-refractivity contribution in [2.75, 3.05) is 6.54 Å². The van der Waals surface area contributed by atoms with E-state index in [4.69, 9.17) is 10.8 Å². The Bertz CT molecular complexity index is 353. The number of carbonyl (C=O) groups excluding carboxylic acids is 2. The molecule has 0 aliphatic rings. The van der Waals surface area contributed by atoms with Crippen LogP contribution in [0.1, 0.15) is 34.1 Å². The van der Waals surface area contributed by atoms with Gasteiger partial charge in [0, 0.05) is 6.54 Å². The third-order valence-electron chi connectivity index (χ3n) is 2.62. The molecule has 0 saturated carbocycles. The minimum absolute atomic E-state index is 0.0177. The molecule has 0 aromatic carbocycles. The van der Waals surface area contributed by atoms with Crippen molar-refractivity contribution < 1.29 is 19.5 Å². The lowest BCUT2D eigenvalue weighted by Gasteiger charge is -2.23. The smallest absolute Gasteiger partial charge is 0.312 e. The Kier molecular flexibility index (Phi) is 6.31. The van der Waals surface area contributed by atoms with Gasteiger partial charge in [-0.1, -0.05) is 13.8 Å². The van der Waals surface area contributed by atoms with Crippen LogP contribution >= 0.6 is 0 Å². The molecule has 0 aromatic heterocycles. The van der Waals surface area contributed by atoms with Crippen LogP contribution in [0.3, 0.4) is 0 Å². The van der Waals surface area contributed by atoms with E-state index in [1.807, 2.05) is 13.8 Å². The van der Waals surface area contributed by atoms with E-state index in [9.17, 15) is 14.4 Å². The number of urea groups is 1. The number of carboxylic acids is 1. The summed E-state index contributed by atoms with van der Waals surface area (Å²) in [5, 5.41) is 13.8. The van der Waals surface area contributed by atoms with Crippen molar-refractivity contribution >= 4 is 17.9 Å². The van der Waals surface area contributed by atoms with Crippen LogP contribution in [-0.4, -0.2) is 35.6 Å². The number of primary amides is 1. The number of hydrogen-bond acceptors (Lipinski definition) is 3. The zero-order valence-corrected chi connectivity index (χ0v) is 11.8. The number of nitrogens with one attached hydrogen (secondary N) is 2. The lowest BCUT2D eigenvalue weighted by Crippen LogP contribution is -2.51. The van der Waals surface area contributed by atoms with E-state index in [2.05, 4.69) is 10.6 Å². The monoisotopic (exact) mass is 273 g/mol. The molecule has 0 saturated heterocycles. The van der Waals surface area contributed by atoms with E-state index >= 15 is 0 Å². The summed E-state index contributed by atoms with van der Waals surface area (Å²) in [5.41, 5.74) is 3.95. The lowest BCUT2D eigenvalue weighted by molar-refractivity contribution is -0.146. The number of carbonyl (C=O) groups is 3. The summed E-state index contributed by atoms with van der Waals surface area (Å²) in [6.07, 6.45) is 0.433. The molecule has 0 fully saturated rings. The second-order valence-electron chi connectivity index (χ2n) is 5.60. The predicted molar refractivity (Wildman–Crippen MR) is 70.4 cm³/mol. The van der Waals surface area contributed by atoms with Gasteiger partial charge in [-0.25, -0.2) is 4.79 Å². The molecule has 0 heterocycles. The highest BCUT2D eigenvalue weighted by Crippen LogP contribution is 2.13. The molecule has 0 aromatic rings. The molecule has 7 nitrogen and oxygen atoms in total. The Balaban J connectivity index is 4.56. The van der Waals surface area contributed by atoms with Crippen LogP contribution in [0.25, 0.3) is 0 Å². The van der Waals surface area contributed by atoms with Gasteiger partial charge < -0.3 is 21.5 Å². The first-order valence-corrected chi connectivity index (χ1v) is 6.13. The molecule has 7 heteroatoms. The number of hydrogen-bond donors (Lipinski definition) is 4. The van der Waals surface area contributed by atoms with E-state index in [-0.39, 0.29) is 12.5 Å². The van der Waals surface area contributed by atoms with Gasteiger partial charge in [-0.2, -0.15) is 0 Å². The highest BCUT2D eigenvalue weighted by Gasteiger charge is 2.29. The Morgan fingerprint density at radius 3 is 2.16 bits per heavy atom. The van der Waals surface area contributed by atoms with Gasteiger partial charge >= 0.3 is 12.0 Å². The van der Waals surface area contributed by atoms with E-state index in [1.54, 1.807) is 0 Å². The van der Waals surface area contributed by atoms with Gasteiger partial charge in [0.05, 0.1) is 5.41 Å². The SMILES string of the molecule is CC(C)CC(NC(N)=O)C(=O)NCC(C)(C)C(=O)O. The van der Waals surface area contributed by atoms with Crippen LogP contribution in [0.4, 0.5) is 4.79 Å². The molecular formula is C12H23N3O4. The maximum absolute atomic E-state index is 11.9. The molecule has 0 radical (unpaired) electrons. The summed E-state index contributed by atoms with van der Waals surface area (Å²) in [7, 11) is 0. The quantitative estimate of drug-likeness (QED) is 0.532.